The van der Waals surface area contributed by atoms with E-state index in [4.69, 9.17) is 13.9 Å². The lowest BCUT2D eigenvalue weighted by Gasteiger charge is -2.13. The lowest BCUT2D eigenvalue weighted by Crippen LogP contribution is -2.07. The smallest absolute Gasteiger partial charge is 0.213 e. The summed E-state index contributed by atoms with van der Waals surface area (Å²) in [5.74, 6) is 2.41. The number of nitrogens with zero attached hydrogens (tertiary/aromatic N) is 1. The van der Waals surface area contributed by atoms with Crippen molar-refractivity contribution < 1.29 is 13.9 Å². The van der Waals surface area contributed by atoms with Gasteiger partial charge >= 0.3 is 0 Å². The van der Waals surface area contributed by atoms with Gasteiger partial charge < -0.3 is 19.2 Å². The topological polar surface area (TPSA) is 56.5 Å². The van der Waals surface area contributed by atoms with Gasteiger partial charge in [-0.25, -0.2) is 4.98 Å². The maximum atomic E-state index is 5.59. The number of aryl methyl sites for hydroxylation is 1. The van der Waals surface area contributed by atoms with Crippen molar-refractivity contribution in [1.82, 2.24) is 4.98 Å². The highest BCUT2D eigenvalue weighted by molar-refractivity contribution is 5.43. The summed E-state index contributed by atoms with van der Waals surface area (Å²) in [6.07, 6.45) is 1.74. The van der Waals surface area contributed by atoms with Gasteiger partial charge in [0.15, 0.2) is 0 Å². The predicted molar refractivity (Wildman–Crippen MR) is 77.1 cm³/mol. The molecule has 1 N–H and O–H groups in total. The fourth-order valence-electron chi connectivity index (χ4n) is 1.79. The Morgan fingerprint density at radius 2 is 2.10 bits per heavy atom. The number of rotatable bonds is 7. The minimum absolute atomic E-state index is 0.0887. The third-order valence-electron chi connectivity index (χ3n) is 2.84. The quantitative estimate of drug-likeness (QED) is 0.787. The van der Waals surface area contributed by atoms with Crippen molar-refractivity contribution >= 4 is 5.69 Å². The molecular weight excluding hydrogens is 256 g/mol. The van der Waals surface area contributed by atoms with E-state index in [0.717, 1.165) is 17.2 Å². The molecule has 1 unspecified atom stereocenters. The summed E-state index contributed by atoms with van der Waals surface area (Å²) in [7, 11) is 1.64. The zero-order chi connectivity index (χ0) is 14.4. The molecule has 5 heteroatoms. The minimum Gasteiger partial charge on any atom is -0.475 e. The van der Waals surface area contributed by atoms with Gasteiger partial charge in [0.1, 0.15) is 18.1 Å². The minimum atomic E-state index is 0.0887. The van der Waals surface area contributed by atoms with Crippen LogP contribution >= 0.6 is 0 Å². The predicted octanol–water partition coefficient (Wildman–Crippen LogP) is 3.18. The molecule has 0 spiro atoms. The number of nitrogens with one attached hydrogen (secondary N) is 1. The van der Waals surface area contributed by atoms with Crippen LogP contribution in [0.25, 0.3) is 0 Å². The summed E-state index contributed by atoms with van der Waals surface area (Å²) in [5, 5.41) is 3.33. The Labute approximate surface area is 118 Å². The van der Waals surface area contributed by atoms with Crippen LogP contribution in [-0.2, 0) is 4.74 Å². The van der Waals surface area contributed by atoms with Crippen molar-refractivity contribution in [2.45, 2.75) is 19.9 Å². The molecule has 0 aromatic carbocycles. The van der Waals surface area contributed by atoms with E-state index in [1.807, 2.05) is 38.1 Å². The van der Waals surface area contributed by atoms with E-state index in [1.54, 1.807) is 13.3 Å². The fraction of sp³-hybridized carbons (Fsp3) is 0.400. The maximum Gasteiger partial charge on any atom is 0.213 e. The molecule has 0 fully saturated rings. The molecule has 2 rings (SSSR count). The van der Waals surface area contributed by atoms with Crippen molar-refractivity contribution in [2.75, 3.05) is 25.6 Å². The van der Waals surface area contributed by atoms with Gasteiger partial charge in [-0.1, -0.05) is 0 Å². The standard InChI is InChI=1S/C15H20N2O3/c1-11-4-6-14(20-11)12(2)17-13-5-7-15(16-10-13)19-9-8-18-3/h4-7,10,12,17H,8-9H2,1-3H3. The molecule has 2 heterocycles. The van der Waals surface area contributed by atoms with Gasteiger partial charge in [-0.15, -0.1) is 0 Å². The molecule has 5 nitrogen and oxygen atoms in total. The van der Waals surface area contributed by atoms with Gasteiger partial charge in [-0.3, -0.25) is 0 Å². The lowest BCUT2D eigenvalue weighted by atomic mass is 10.2. The molecule has 2 aromatic heterocycles. The van der Waals surface area contributed by atoms with E-state index in [9.17, 15) is 0 Å². The molecule has 0 amide bonds. The first-order chi connectivity index (χ1) is 9.69. The molecule has 0 bridgehead atoms. The van der Waals surface area contributed by atoms with Crippen LogP contribution in [0.2, 0.25) is 0 Å². The van der Waals surface area contributed by atoms with E-state index in [2.05, 4.69) is 10.3 Å². The van der Waals surface area contributed by atoms with Crippen molar-refractivity contribution in [3.8, 4) is 5.88 Å². The Balaban J connectivity index is 1.90. The van der Waals surface area contributed by atoms with Crippen LogP contribution in [0.15, 0.2) is 34.9 Å². The molecule has 0 saturated heterocycles. The largest absolute Gasteiger partial charge is 0.475 e. The molecule has 0 saturated carbocycles. The van der Waals surface area contributed by atoms with Crippen LogP contribution in [0, 0.1) is 6.92 Å². The number of methoxy groups -OCH3 is 1. The number of aromatic nitrogens is 1. The van der Waals surface area contributed by atoms with E-state index in [1.165, 1.54) is 0 Å². The molecule has 0 aliphatic carbocycles. The average Bonchev–Trinajstić information content (AvgIpc) is 2.88. The average molecular weight is 276 g/mol. The first-order valence-electron chi connectivity index (χ1n) is 6.59. The number of hydrogen-bond donors (Lipinski definition) is 1. The van der Waals surface area contributed by atoms with Crippen LogP contribution in [0.5, 0.6) is 5.88 Å². The second kappa shape index (κ2) is 6.96. The maximum absolute atomic E-state index is 5.59. The zero-order valence-corrected chi connectivity index (χ0v) is 12.1. The van der Waals surface area contributed by atoms with Crippen molar-refractivity contribution in [3.05, 3.63) is 42.0 Å². The summed E-state index contributed by atoms with van der Waals surface area (Å²) in [6, 6.07) is 7.78. The molecule has 20 heavy (non-hydrogen) atoms. The molecular formula is C15H20N2O3. The summed E-state index contributed by atoms with van der Waals surface area (Å²) in [5.41, 5.74) is 0.922. The van der Waals surface area contributed by atoms with Crippen molar-refractivity contribution in [3.63, 3.8) is 0 Å². The van der Waals surface area contributed by atoms with Gasteiger partial charge in [-0.2, -0.15) is 0 Å². The number of pyridine rings is 1. The van der Waals surface area contributed by atoms with Crippen LogP contribution in [-0.4, -0.2) is 25.3 Å². The number of ether oxygens (including phenoxy) is 2. The second-order valence-electron chi connectivity index (χ2n) is 4.54. The highest BCUT2D eigenvalue weighted by atomic mass is 16.5. The van der Waals surface area contributed by atoms with E-state index in [0.29, 0.717) is 19.1 Å². The molecule has 0 radical (unpaired) electrons. The summed E-state index contributed by atoms with van der Waals surface area (Å²) >= 11 is 0. The first-order valence-corrected chi connectivity index (χ1v) is 6.59. The van der Waals surface area contributed by atoms with Gasteiger partial charge in [0.25, 0.3) is 0 Å². The lowest BCUT2D eigenvalue weighted by molar-refractivity contribution is 0.144. The molecule has 1 atom stereocenters. The third kappa shape index (κ3) is 3.99. The number of furan rings is 1. The van der Waals surface area contributed by atoms with E-state index >= 15 is 0 Å². The molecule has 2 aromatic rings. The van der Waals surface area contributed by atoms with Gasteiger partial charge in [0, 0.05) is 13.2 Å². The van der Waals surface area contributed by atoms with Crippen LogP contribution in [0.4, 0.5) is 5.69 Å². The Hall–Kier alpha value is -2.01. The molecule has 0 aliphatic heterocycles. The third-order valence-corrected chi connectivity index (χ3v) is 2.84. The van der Waals surface area contributed by atoms with E-state index in [-0.39, 0.29) is 6.04 Å². The number of anilines is 1. The molecule has 0 aliphatic rings. The SMILES string of the molecule is COCCOc1ccc(NC(C)c2ccc(C)o2)cn1. The summed E-state index contributed by atoms with van der Waals surface area (Å²) < 4.78 is 15.9. The highest BCUT2D eigenvalue weighted by Crippen LogP contribution is 2.21. The summed E-state index contributed by atoms with van der Waals surface area (Å²) in [4.78, 5) is 4.23. The monoisotopic (exact) mass is 276 g/mol. The van der Waals surface area contributed by atoms with Gasteiger partial charge in [-0.05, 0) is 32.0 Å². The Morgan fingerprint density at radius 3 is 2.70 bits per heavy atom. The van der Waals surface area contributed by atoms with Crippen LogP contribution in [0.3, 0.4) is 0 Å². The van der Waals surface area contributed by atoms with E-state index < -0.39 is 0 Å². The fourth-order valence-corrected chi connectivity index (χ4v) is 1.79. The zero-order valence-electron chi connectivity index (χ0n) is 12.1. The van der Waals surface area contributed by atoms with Gasteiger partial charge in [0.05, 0.1) is 24.5 Å². The molecule has 108 valence electrons. The van der Waals surface area contributed by atoms with Crippen molar-refractivity contribution in [1.29, 1.82) is 0 Å². The van der Waals surface area contributed by atoms with Crippen LogP contribution in [0.1, 0.15) is 24.5 Å². The Bertz CT molecular complexity index is 522. The highest BCUT2D eigenvalue weighted by Gasteiger charge is 2.09. The Morgan fingerprint density at radius 1 is 1.25 bits per heavy atom. The number of hydrogen-bond acceptors (Lipinski definition) is 5. The first kappa shape index (κ1) is 14.4. The summed E-state index contributed by atoms with van der Waals surface area (Å²) in [6.45, 7) is 5.03. The Kier molecular flexibility index (Phi) is 5.01. The van der Waals surface area contributed by atoms with Crippen molar-refractivity contribution in [2.24, 2.45) is 0 Å². The van der Waals surface area contributed by atoms with Crippen LogP contribution < -0.4 is 10.1 Å². The second-order valence-corrected chi connectivity index (χ2v) is 4.54. The van der Waals surface area contributed by atoms with Gasteiger partial charge in [0.2, 0.25) is 5.88 Å². The normalized spacial score (nSPS) is 12.2.